The Morgan fingerprint density at radius 3 is 1.41 bits per heavy atom. The van der Waals surface area contributed by atoms with Gasteiger partial charge in [-0.1, -0.05) is 136 Å². The zero-order chi connectivity index (χ0) is 89.6. The number of carbonyl (C=O) groups is 9. The number of nitrogens with zero attached hydrogens (tertiary/aromatic N) is 1. The number of hydrogen-bond acceptors (Lipinski definition) is 19. The van der Waals surface area contributed by atoms with E-state index < -0.39 is 58.5 Å². The molecule has 13 rings (SSSR count). The second-order valence-electron chi connectivity index (χ2n) is 27.5. The van der Waals surface area contributed by atoms with Crippen molar-refractivity contribution in [3.63, 3.8) is 0 Å². The van der Waals surface area contributed by atoms with Gasteiger partial charge in [-0.15, -0.1) is 0 Å². The third-order valence-corrected chi connectivity index (χ3v) is 18.5. The normalized spacial score (nSPS) is 10.3. The van der Waals surface area contributed by atoms with E-state index in [4.69, 9.17) is 55.6 Å². The number of nitrogens with two attached hydrogens (primary N) is 2. The van der Waals surface area contributed by atoms with Crippen LogP contribution in [0.3, 0.4) is 0 Å². The molecule has 0 saturated carbocycles. The van der Waals surface area contributed by atoms with Crippen LogP contribution in [0.4, 0.5) is 28.4 Å². The molecule has 11 aromatic carbocycles. The molecule has 2 amide bonds. The summed E-state index contributed by atoms with van der Waals surface area (Å²) in [7, 11) is 5.78. The molecule has 0 radical (unpaired) electrons. The first-order valence-electron chi connectivity index (χ1n) is 38.5. The molecule has 123 heavy (non-hydrogen) atoms. The summed E-state index contributed by atoms with van der Waals surface area (Å²) in [6.07, 6.45) is 10.7. The van der Waals surface area contributed by atoms with Crippen LogP contribution in [0.5, 0.6) is 28.7 Å². The topological polar surface area (TPSA) is 441 Å². The van der Waals surface area contributed by atoms with E-state index in [1.54, 1.807) is 98.8 Å². The fraction of sp³-hybridized carbons (Fsp3) is 0.168. The lowest BCUT2D eigenvalue weighted by molar-refractivity contribution is -0.384. The van der Waals surface area contributed by atoms with Gasteiger partial charge in [0.25, 0.3) is 17.5 Å². The van der Waals surface area contributed by atoms with E-state index in [9.17, 15) is 53.3 Å². The Morgan fingerprint density at radius 1 is 0.407 bits per heavy atom. The summed E-state index contributed by atoms with van der Waals surface area (Å²) in [6.45, 7) is 11.9. The number of carbonyl (C=O) groups excluding carboxylic acids is 5. The van der Waals surface area contributed by atoms with E-state index in [1.165, 1.54) is 167 Å². The van der Waals surface area contributed by atoms with E-state index >= 15 is 0 Å². The average Bonchev–Trinajstić information content (AvgIpc) is 1.72. The van der Waals surface area contributed by atoms with Crippen LogP contribution in [0.2, 0.25) is 0 Å². The highest BCUT2D eigenvalue weighted by atomic mass is 16.6. The Kier molecular flexibility index (Phi) is 33.6. The van der Waals surface area contributed by atoms with Crippen LogP contribution in [0, 0.1) is 30.9 Å². The number of nitrogens with one attached hydrogen (secondary N) is 4. The molecule has 13 aromatic rings. The van der Waals surface area contributed by atoms with Crippen LogP contribution in [-0.4, -0.2) is 117 Å². The van der Waals surface area contributed by atoms with Crippen molar-refractivity contribution in [1.82, 2.24) is 9.97 Å². The number of amides is 2. The summed E-state index contributed by atoms with van der Waals surface area (Å²) < 4.78 is 31.2. The van der Waals surface area contributed by atoms with Crippen molar-refractivity contribution in [2.45, 2.75) is 80.1 Å². The molecule has 28 heteroatoms. The minimum Gasteiger partial charge on any atom is -0.494 e. The first kappa shape index (κ1) is 92.6. The number of anilines is 4. The zero-order valence-electron chi connectivity index (χ0n) is 69.1. The largest absolute Gasteiger partial charge is 0.494 e. The smallest absolute Gasteiger partial charge is 0.343 e. The van der Waals surface area contributed by atoms with Gasteiger partial charge in [0, 0.05) is 75.1 Å². The van der Waals surface area contributed by atoms with E-state index in [2.05, 4.69) is 70.5 Å². The minimum atomic E-state index is -1.20. The van der Waals surface area contributed by atoms with Gasteiger partial charge in [0.1, 0.15) is 17.2 Å². The number of aromatic nitrogens is 2. The number of ether oxygens (including phenoxy) is 6. The van der Waals surface area contributed by atoms with Crippen LogP contribution < -0.4 is 45.8 Å². The number of hydrogen-bond donors (Lipinski definition) is 10. The molecule has 0 fully saturated rings. The van der Waals surface area contributed by atoms with Gasteiger partial charge in [-0.25, -0.2) is 33.6 Å². The monoisotopic (exact) mass is 1670 g/mol. The quantitative estimate of drug-likeness (QED) is 0.00883. The van der Waals surface area contributed by atoms with Gasteiger partial charge >= 0.3 is 41.8 Å². The van der Waals surface area contributed by atoms with E-state index in [0.717, 1.165) is 46.0 Å². The molecular weight excluding hydrogens is 1580 g/mol. The van der Waals surface area contributed by atoms with Crippen molar-refractivity contribution in [1.29, 1.82) is 0 Å². The Labute approximate surface area is 708 Å². The molecule has 2 heterocycles. The predicted molar refractivity (Wildman–Crippen MR) is 470 cm³/mol. The number of carboxylic acid groups (broad SMARTS) is 4. The van der Waals surface area contributed by atoms with Gasteiger partial charge < -0.3 is 80.9 Å². The molecule has 0 unspecified atom stereocenters. The highest BCUT2D eigenvalue weighted by Crippen LogP contribution is 2.39. The maximum Gasteiger partial charge on any atom is 0.343 e. The molecule has 634 valence electrons. The lowest BCUT2D eigenvalue weighted by Crippen LogP contribution is -2.17. The van der Waals surface area contributed by atoms with Crippen molar-refractivity contribution < 1.29 is 96.9 Å². The third kappa shape index (κ3) is 25.6. The number of esters is 3. The molecule has 0 atom stereocenters. The summed E-state index contributed by atoms with van der Waals surface area (Å²) in [4.78, 5) is 122. The van der Waals surface area contributed by atoms with Gasteiger partial charge in [0.2, 0.25) is 0 Å². The zero-order valence-corrected chi connectivity index (χ0v) is 69.1. The molecule has 28 nitrogen and oxygen atoms in total. The number of nitro benzene ring substituents is 1. The molecule has 0 aliphatic carbocycles. The Balaban J connectivity index is 0.000000187. The SMILES string of the molecule is CCCc1c[nH]c2c(OC)cc([N+](=O)[O-])cc12.CCCc1ccc2[nH]cc(CCC)c2c1.COC(=O)c1cc(OC)c(OC)cc1N.Cc1ccc(C(=O)Nc2ccc(C(=O)O)cc2)c(C(=O)O)c1.Cc1ccc(C(=O)Nc2cccc(C(=O)O)c2)c(C(=O)O)c1.Cc1cccc(C(=O)Oc2ccccc2-c2ccccc2OC(=O)c2cccc(N)c2)c1. The lowest BCUT2D eigenvalue weighted by Gasteiger charge is -2.14. The number of methoxy groups -OCH3 is 4. The second-order valence-corrected chi connectivity index (χ2v) is 27.5. The Morgan fingerprint density at radius 2 is 0.902 bits per heavy atom. The molecule has 0 spiro atoms. The van der Waals surface area contributed by atoms with E-state index in [-0.39, 0.29) is 50.3 Å². The van der Waals surface area contributed by atoms with Crippen LogP contribution >= 0.6 is 0 Å². The maximum absolute atomic E-state index is 12.7. The maximum atomic E-state index is 12.7. The number of carboxylic acids is 4. The number of non-ortho nitro benzene ring substituents is 1. The standard InChI is InChI=1S/C27H21NO4.2C16H13NO5.C14H19N.C12H14N2O3.C10H13NO4/c1-18-8-6-9-19(16-18)26(29)31-24-14-4-2-12-22(24)23-13-3-5-15-25(23)32-27(30)20-10-7-11-21(28)17-20;1-9-2-7-12(13(8-9)16(21)22)14(18)17-11-5-3-10(4-6-11)15(19)20;1-9-5-6-12(13(7-9)16(21)22)14(18)17-11-4-2-3-10(8-11)15(19)20;1-3-5-11-7-8-14-13(9-11)12(6-4-2)10-15-14;1-3-4-8-7-13-12-10(8)5-9(14(15)16)6-11(12)17-2;1-13-8-4-6(10(12)15-3)7(11)5-9(8)14-2/h2-17H,28H2,1H3;2*2-8H,1H3,(H,17,18)(H,19,20)(H,21,22);7-10,15H,3-6H2,1-2H3;5-7,13H,3-4H2,1-2H3;4-5H,11H2,1-3H3. The van der Waals surface area contributed by atoms with Gasteiger partial charge in [0.05, 0.1) is 101 Å². The number of H-pyrrole nitrogens is 2. The number of nitro groups is 1. The van der Waals surface area contributed by atoms with Crippen LogP contribution in [-0.2, 0) is 24.0 Å². The summed E-state index contributed by atoms with van der Waals surface area (Å²) >= 11 is 0. The van der Waals surface area contributed by atoms with Crippen molar-refractivity contribution in [2.24, 2.45) is 0 Å². The van der Waals surface area contributed by atoms with Crippen molar-refractivity contribution in [3.8, 4) is 39.9 Å². The second kappa shape index (κ2) is 44.6. The fourth-order valence-electron chi connectivity index (χ4n) is 12.5. The van der Waals surface area contributed by atoms with Gasteiger partial charge in [0.15, 0.2) is 11.5 Å². The number of nitrogen functional groups attached to an aromatic ring is 2. The molecule has 0 bridgehead atoms. The molecule has 2 aromatic heterocycles. The Hall–Kier alpha value is -15.9. The molecule has 0 aliphatic rings. The number of rotatable bonds is 24. The molecule has 0 saturated heterocycles. The van der Waals surface area contributed by atoms with Gasteiger partial charge in [-0.3, -0.25) is 19.7 Å². The predicted octanol–water partition coefficient (Wildman–Crippen LogP) is 19.2. The van der Waals surface area contributed by atoms with E-state index in [1.807, 2.05) is 43.5 Å². The lowest BCUT2D eigenvalue weighted by atomic mass is 10.0. The molecule has 0 aliphatic heterocycles. The number of fused-ring (bicyclic) bond motifs is 2. The molecular formula is C95H93N7O21. The Bertz CT molecular complexity index is 5910. The van der Waals surface area contributed by atoms with Crippen molar-refractivity contribution in [3.05, 3.63) is 330 Å². The minimum absolute atomic E-state index is 0.0128. The third-order valence-electron chi connectivity index (χ3n) is 18.5. The first-order valence-corrected chi connectivity index (χ1v) is 38.5. The average molecular weight is 1670 g/mol. The highest BCUT2D eigenvalue weighted by molar-refractivity contribution is 6.12. The number of para-hydroxylation sites is 2. The van der Waals surface area contributed by atoms with Crippen LogP contribution in [0.1, 0.15) is 167 Å². The first-order chi connectivity index (χ1) is 58.9. The van der Waals surface area contributed by atoms with Crippen LogP contribution in [0.25, 0.3) is 32.9 Å². The fourth-order valence-corrected chi connectivity index (χ4v) is 12.5. The summed E-state index contributed by atoms with van der Waals surface area (Å²) in [5.41, 5.74) is 23.8. The number of aryl methyl sites for hydroxylation is 6. The van der Waals surface area contributed by atoms with Crippen LogP contribution in [0.15, 0.2) is 237 Å². The summed E-state index contributed by atoms with van der Waals surface area (Å²) in [5.74, 6) is -5.11. The van der Waals surface area contributed by atoms with Gasteiger partial charge in [-0.2, -0.15) is 0 Å². The molecule has 12 N–H and O–H groups in total. The summed E-state index contributed by atoms with van der Waals surface area (Å²) in [6, 6.07) is 61.1. The number of aromatic amines is 2. The summed E-state index contributed by atoms with van der Waals surface area (Å²) in [5, 5.41) is 54.2. The van der Waals surface area contributed by atoms with Crippen molar-refractivity contribution >= 4 is 104 Å². The number of benzene rings is 11. The van der Waals surface area contributed by atoms with Crippen molar-refractivity contribution in [2.75, 3.05) is 50.5 Å². The highest BCUT2D eigenvalue weighted by Gasteiger charge is 2.23. The van der Waals surface area contributed by atoms with E-state index in [0.29, 0.717) is 68.1 Å². The number of aromatic carboxylic acids is 4. The van der Waals surface area contributed by atoms with Gasteiger partial charge in [-0.05, 0) is 178 Å².